The van der Waals surface area contributed by atoms with Gasteiger partial charge in [0.1, 0.15) is 5.69 Å². The van der Waals surface area contributed by atoms with Gasteiger partial charge in [-0.25, -0.2) is 13.7 Å². The molecule has 1 aromatic heterocycles. The molecule has 126 valence electrons. The lowest BCUT2D eigenvalue weighted by atomic mass is 9.93. The lowest BCUT2D eigenvalue weighted by Crippen LogP contribution is -2.42. The average Bonchev–Trinajstić information content (AvgIpc) is 2.96. The first-order valence-electron chi connectivity index (χ1n) is 8.46. The number of piperidine rings is 1. The molecule has 23 heavy (non-hydrogen) atoms. The molecule has 1 aromatic carbocycles. The molecule has 0 aliphatic carbocycles. The quantitative estimate of drug-likeness (QED) is 0.853. The SMILES string of the molecule is CCCCC1CCN(S(N)(=O)=Nc2c[nH]c3ccccc23)CC1. The van der Waals surface area contributed by atoms with E-state index in [2.05, 4.69) is 16.3 Å². The third-order valence-electron chi connectivity index (χ3n) is 4.71. The van der Waals surface area contributed by atoms with Gasteiger partial charge in [0, 0.05) is 30.2 Å². The van der Waals surface area contributed by atoms with Crippen molar-refractivity contribution in [3.05, 3.63) is 30.5 Å². The Morgan fingerprint density at radius 1 is 1.35 bits per heavy atom. The summed E-state index contributed by atoms with van der Waals surface area (Å²) in [5.41, 5.74) is 1.67. The lowest BCUT2D eigenvalue weighted by Gasteiger charge is -2.31. The van der Waals surface area contributed by atoms with Crippen molar-refractivity contribution in [2.45, 2.75) is 39.0 Å². The molecule has 1 aliphatic heterocycles. The Morgan fingerprint density at radius 2 is 2.09 bits per heavy atom. The summed E-state index contributed by atoms with van der Waals surface area (Å²) in [7, 11) is -2.85. The van der Waals surface area contributed by atoms with Crippen molar-refractivity contribution in [3.63, 3.8) is 0 Å². The van der Waals surface area contributed by atoms with E-state index in [0.29, 0.717) is 5.69 Å². The summed E-state index contributed by atoms with van der Waals surface area (Å²) >= 11 is 0. The number of fused-ring (bicyclic) bond motifs is 1. The van der Waals surface area contributed by atoms with Crippen molar-refractivity contribution >= 4 is 26.7 Å². The number of unbranched alkanes of at least 4 members (excludes halogenated alkanes) is 1. The van der Waals surface area contributed by atoms with E-state index in [-0.39, 0.29) is 0 Å². The summed E-state index contributed by atoms with van der Waals surface area (Å²) < 4.78 is 19.1. The van der Waals surface area contributed by atoms with Crippen LogP contribution in [-0.2, 0) is 10.1 Å². The molecule has 3 N–H and O–H groups in total. The minimum absolute atomic E-state index is 0.682. The van der Waals surface area contributed by atoms with Crippen LogP contribution in [0.25, 0.3) is 10.9 Å². The average molecular weight is 334 g/mol. The zero-order valence-electron chi connectivity index (χ0n) is 13.7. The number of H-pyrrole nitrogens is 1. The maximum absolute atomic E-state index is 12.9. The summed E-state index contributed by atoms with van der Waals surface area (Å²) in [6.45, 7) is 3.77. The van der Waals surface area contributed by atoms with E-state index in [9.17, 15) is 4.21 Å². The standard InChI is InChI=1S/C17H26N4OS/c1-2-3-6-14-9-11-21(12-10-14)23(18,22)20-17-13-19-16-8-5-4-7-15(16)17/h4-5,7-8,13-14,19H,2-3,6,9-12H2,1H3,(H2,18,20,22). The van der Waals surface area contributed by atoms with E-state index in [4.69, 9.17) is 5.14 Å². The smallest absolute Gasteiger partial charge is 0.177 e. The van der Waals surface area contributed by atoms with Gasteiger partial charge in [0.2, 0.25) is 0 Å². The Kier molecular flexibility index (Phi) is 5.04. The lowest BCUT2D eigenvalue weighted by molar-refractivity contribution is 0.266. The monoisotopic (exact) mass is 334 g/mol. The van der Waals surface area contributed by atoms with E-state index >= 15 is 0 Å². The zero-order valence-corrected chi connectivity index (χ0v) is 14.5. The van der Waals surface area contributed by atoms with Gasteiger partial charge in [0.15, 0.2) is 10.1 Å². The van der Waals surface area contributed by atoms with Gasteiger partial charge >= 0.3 is 0 Å². The van der Waals surface area contributed by atoms with Gasteiger partial charge in [-0.15, -0.1) is 0 Å². The third kappa shape index (κ3) is 3.76. The number of benzene rings is 1. The van der Waals surface area contributed by atoms with Crippen LogP contribution < -0.4 is 5.14 Å². The Bertz CT molecular complexity index is 768. The minimum atomic E-state index is -2.85. The summed E-state index contributed by atoms with van der Waals surface area (Å²) in [6, 6.07) is 7.86. The Hall–Kier alpha value is -1.37. The van der Waals surface area contributed by atoms with Gasteiger partial charge < -0.3 is 4.98 Å². The first-order valence-corrected chi connectivity index (χ1v) is 10.00. The molecular formula is C17H26N4OS. The molecule has 6 heteroatoms. The second-order valence-corrected chi connectivity index (χ2v) is 8.14. The number of nitrogens with zero attached hydrogens (tertiary/aromatic N) is 2. The number of rotatable bonds is 5. The van der Waals surface area contributed by atoms with Crippen molar-refractivity contribution in [1.82, 2.24) is 9.29 Å². The van der Waals surface area contributed by atoms with Gasteiger partial charge in [-0.1, -0.05) is 44.4 Å². The van der Waals surface area contributed by atoms with E-state index < -0.39 is 10.1 Å². The molecule has 1 atom stereocenters. The van der Waals surface area contributed by atoms with Crippen LogP contribution >= 0.6 is 0 Å². The van der Waals surface area contributed by atoms with Gasteiger partial charge in [-0.05, 0) is 24.8 Å². The van der Waals surface area contributed by atoms with Crippen LogP contribution in [0, 0.1) is 5.92 Å². The number of aromatic amines is 1. The number of hydrogen-bond donors (Lipinski definition) is 2. The summed E-state index contributed by atoms with van der Waals surface area (Å²) in [4.78, 5) is 3.15. The van der Waals surface area contributed by atoms with Crippen molar-refractivity contribution < 1.29 is 4.21 Å². The fourth-order valence-corrected chi connectivity index (χ4v) is 4.57. The molecule has 1 unspecified atom stereocenters. The zero-order chi connectivity index (χ0) is 16.3. The fraction of sp³-hybridized carbons (Fsp3) is 0.529. The predicted octanol–water partition coefficient (Wildman–Crippen LogP) is 3.96. The Labute approximate surface area is 138 Å². The second-order valence-electron chi connectivity index (χ2n) is 6.36. The number of nitrogens with two attached hydrogens (primary N) is 1. The maximum atomic E-state index is 12.9. The Morgan fingerprint density at radius 3 is 2.83 bits per heavy atom. The highest BCUT2D eigenvalue weighted by Gasteiger charge is 2.24. The van der Waals surface area contributed by atoms with E-state index in [1.54, 1.807) is 6.20 Å². The van der Waals surface area contributed by atoms with Gasteiger partial charge in [-0.2, -0.15) is 4.36 Å². The molecule has 0 spiro atoms. The summed E-state index contributed by atoms with van der Waals surface area (Å²) in [6.07, 6.45) is 7.71. The highest BCUT2D eigenvalue weighted by atomic mass is 32.2. The van der Waals surface area contributed by atoms with Crippen LogP contribution in [-0.4, -0.2) is 26.6 Å². The molecule has 2 aromatic rings. The highest BCUT2D eigenvalue weighted by molar-refractivity contribution is 7.89. The first-order chi connectivity index (χ1) is 11.1. The van der Waals surface area contributed by atoms with E-state index in [0.717, 1.165) is 42.8 Å². The molecule has 0 radical (unpaired) electrons. The topological polar surface area (TPSA) is 74.5 Å². The molecular weight excluding hydrogens is 308 g/mol. The molecule has 0 saturated carbocycles. The van der Waals surface area contributed by atoms with Crippen molar-refractivity contribution in [3.8, 4) is 0 Å². The Balaban J connectivity index is 1.75. The summed E-state index contributed by atoms with van der Waals surface area (Å²) in [5, 5.41) is 7.05. The van der Waals surface area contributed by atoms with E-state index in [1.165, 1.54) is 19.3 Å². The molecule has 3 rings (SSSR count). The minimum Gasteiger partial charge on any atom is -0.359 e. The molecule has 0 amide bonds. The van der Waals surface area contributed by atoms with Crippen LogP contribution in [0.3, 0.4) is 0 Å². The molecule has 1 saturated heterocycles. The number of hydrogen-bond acceptors (Lipinski definition) is 2. The molecule has 0 bridgehead atoms. The van der Waals surface area contributed by atoms with Crippen LogP contribution in [0.15, 0.2) is 34.8 Å². The van der Waals surface area contributed by atoms with E-state index in [1.807, 2.05) is 28.6 Å². The molecule has 1 aliphatic rings. The van der Waals surface area contributed by atoms with Crippen LogP contribution in [0.4, 0.5) is 5.69 Å². The van der Waals surface area contributed by atoms with Crippen molar-refractivity contribution in [2.75, 3.05) is 13.1 Å². The van der Waals surface area contributed by atoms with Crippen LogP contribution in [0.1, 0.15) is 39.0 Å². The highest BCUT2D eigenvalue weighted by Crippen LogP contribution is 2.28. The van der Waals surface area contributed by atoms with Crippen molar-refractivity contribution in [1.29, 1.82) is 0 Å². The van der Waals surface area contributed by atoms with Crippen LogP contribution in [0.5, 0.6) is 0 Å². The number of para-hydroxylation sites is 1. The number of aromatic nitrogens is 1. The van der Waals surface area contributed by atoms with Gasteiger partial charge in [0.05, 0.1) is 0 Å². The first kappa shape index (κ1) is 16.5. The largest absolute Gasteiger partial charge is 0.359 e. The summed E-state index contributed by atoms with van der Waals surface area (Å²) in [5.74, 6) is 0.745. The fourth-order valence-electron chi connectivity index (χ4n) is 3.28. The maximum Gasteiger partial charge on any atom is 0.177 e. The van der Waals surface area contributed by atoms with Gasteiger partial charge in [-0.3, -0.25) is 0 Å². The third-order valence-corrected chi connectivity index (χ3v) is 6.27. The van der Waals surface area contributed by atoms with Crippen LogP contribution in [0.2, 0.25) is 0 Å². The molecule has 2 heterocycles. The van der Waals surface area contributed by atoms with Crippen molar-refractivity contribution in [2.24, 2.45) is 15.4 Å². The normalized spacial score (nSPS) is 19.7. The van der Waals surface area contributed by atoms with Gasteiger partial charge in [0.25, 0.3) is 0 Å². The molecule has 1 fully saturated rings. The second kappa shape index (κ2) is 7.03. The number of nitrogens with one attached hydrogen (secondary N) is 1. The molecule has 5 nitrogen and oxygen atoms in total. The predicted molar refractivity (Wildman–Crippen MR) is 96.5 cm³/mol.